The van der Waals surface area contributed by atoms with E-state index in [4.69, 9.17) is 16.2 Å². The van der Waals surface area contributed by atoms with E-state index in [9.17, 15) is 14.4 Å². The molecule has 0 fully saturated rings. The SMILES string of the molecule is NC(=O)NC(=O)Cc1cc2ccccc2cc1OCCCCNC(=O)[C@@H](N)Cc1cccnc1. The Kier molecular flexibility index (Phi) is 8.93. The fraction of sp³-hybridized carbons (Fsp3) is 0.280. The number of rotatable bonds is 11. The number of pyridine rings is 1. The van der Waals surface area contributed by atoms with E-state index < -0.39 is 18.0 Å². The van der Waals surface area contributed by atoms with Gasteiger partial charge in [0.1, 0.15) is 5.75 Å². The predicted octanol–water partition coefficient (Wildman–Crippen LogP) is 1.82. The van der Waals surface area contributed by atoms with Gasteiger partial charge in [-0.3, -0.25) is 19.9 Å². The van der Waals surface area contributed by atoms with Gasteiger partial charge in [0, 0.05) is 24.5 Å². The number of hydrogen-bond acceptors (Lipinski definition) is 6. The van der Waals surface area contributed by atoms with Gasteiger partial charge in [0.25, 0.3) is 0 Å². The highest BCUT2D eigenvalue weighted by Crippen LogP contribution is 2.27. The maximum absolute atomic E-state index is 12.2. The molecule has 1 aromatic heterocycles. The molecule has 6 N–H and O–H groups in total. The Bertz CT molecular complexity index is 1140. The van der Waals surface area contributed by atoms with Crippen molar-refractivity contribution >= 4 is 28.6 Å². The Labute approximate surface area is 197 Å². The minimum absolute atomic E-state index is 0.0337. The van der Waals surface area contributed by atoms with Crippen molar-refractivity contribution in [2.24, 2.45) is 11.5 Å². The van der Waals surface area contributed by atoms with Crippen molar-refractivity contribution in [3.05, 3.63) is 72.1 Å². The number of fused-ring (bicyclic) bond motifs is 1. The van der Waals surface area contributed by atoms with E-state index in [0.717, 1.165) is 16.3 Å². The summed E-state index contributed by atoms with van der Waals surface area (Å²) in [6.45, 7) is 0.884. The number of carbonyl (C=O) groups is 3. The van der Waals surface area contributed by atoms with Gasteiger partial charge in [0.05, 0.1) is 19.1 Å². The minimum Gasteiger partial charge on any atom is -0.493 e. The molecule has 0 aliphatic rings. The van der Waals surface area contributed by atoms with Gasteiger partial charge in [-0.2, -0.15) is 0 Å². The lowest BCUT2D eigenvalue weighted by atomic mass is 10.0. The van der Waals surface area contributed by atoms with Crippen LogP contribution in [0.25, 0.3) is 10.8 Å². The van der Waals surface area contributed by atoms with E-state index in [2.05, 4.69) is 15.6 Å². The molecule has 3 aromatic rings. The maximum atomic E-state index is 12.2. The molecule has 0 spiro atoms. The van der Waals surface area contributed by atoms with E-state index in [-0.39, 0.29) is 12.3 Å². The van der Waals surface area contributed by atoms with Gasteiger partial charge in [-0.05, 0) is 53.8 Å². The summed E-state index contributed by atoms with van der Waals surface area (Å²) in [4.78, 5) is 39.2. The highest BCUT2D eigenvalue weighted by Gasteiger charge is 2.14. The zero-order valence-corrected chi connectivity index (χ0v) is 18.8. The lowest BCUT2D eigenvalue weighted by Crippen LogP contribution is -2.42. The molecule has 0 bridgehead atoms. The second-order valence-electron chi connectivity index (χ2n) is 7.91. The number of imide groups is 1. The van der Waals surface area contributed by atoms with Gasteiger partial charge < -0.3 is 21.5 Å². The molecular weight excluding hydrogens is 434 g/mol. The first-order valence-corrected chi connectivity index (χ1v) is 11.1. The predicted molar refractivity (Wildman–Crippen MR) is 129 cm³/mol. The number of carbonyl (C=O) groups excluding carboxylic acids is 3. The number of aromatic nitrogens is 1. The molecule has 9 nitrogen and oxygen atoms in total. The van der Waals surface area contributed by atoms with Crippen LogP contribution in [0.4, 0.5) is 4.79 Å². The number of unbranched alkanes of at least 4 members (excludes halogenated alkanes) is 1. The molecule has 0 saturated carbocycles. The van der Waals surface area contributed by atoms with E-state index in [1.807, 2.05) is 48.5 Å². The Hall–Kier alpha value is -3.98. The molecule has 0 saturated heterocycles. The fourth-order valence-corrected chi connectivity index (χ4v) is 3.51. The number of nitrogens with one attached hydrogen (secondary N) is 2. The van der Waals surface area contributed by atoms with Crippen LogP contribution < -0.4 is 26.8 Å². The Morgan fingerprint density at radius 1 is 1.03 bits per heavy atom. The molecule has 178 valence electrons. The number of urea groups is 1. The average Bonchev–Trinajstić information content (AvgIpc) is 2.81. The molecule has 0 unspecified atom stereocenters. The van der Waals surface area contributed by atoms with Crippen LogP contribution in [-0.4, -0.2) is 42.0 Å². The summed E-state index contributed by atoms with van der Waals surface area (Å²) in [5.41, 5.74) is 12.6. The molecule has 1 heterocycles. The molecule has 0 radical (unpaired) electrons. The summed E-state index contributed by atoms with van der Waals surface area (Å²) < 4.78 is 5.94. The van der Waals surface area contributed by atoms with Crippen LogP contribution in [0.2, 0.25) is 0 Å². The van der Waals surface area contributed by atoms with Crippen molar-refractivity contribution < 1.29 is 19.1 Å². The Morgan fingerprint density at radius 3 is 2.50 bits per heavy atom. The molecule has 2 aromatic carbocycles. The lowest BCUT2D eigenvalue weighted by Gasteiger charge is -2.14. The highest BCUT2D eigenvalue weighted by atomic mass is 16.5. The number of nitrogens with two attached hydrogens (primary N) is 2. The third kappa shape index (κ3) is 7.56. The van der Waals surface area contributed by atoms with Crippen LogP contribution in [0, 0.1) is 0 Å². The number of benzene rings is 2. The van der Waals surface area contributed by atoms with E-state index >= 15 is 0 Å². The third-order valence-electron chi connectivity index (χ3n) is 5.19. The van der Waals surface area contributed by atoms with Gasteiger partial charge in [-0.1, -0.05) is 30.3 Å². The summed E-state index contributed by atoms with van der Waals surface area (Å²) in [6.07, 6.45) is 5.16. The van der Waals surface area contributed by atoms with Gasteiger partial charge in [-0.25, -0.2) is 4.79 Å². The van der Waals surface area contributed by atoms with Crippen LogP contribution in [0.15, 0.2) is 60.9 Å². The van der Waals surface area contributed by atoms with E-state index in [1.54, 1.807) is 12.4 Å². The summed E-state index contributed by atoms with van der Waals surface area (Å²) in [6, 6.07) is 13.6. The maximum Gasteiger partial charge on any atom is 0.318 e. The number of hydrogen-bond donors (Lipinski definition) is 4. The van der Waals surface area contributed by atoms with E-state index in [0.29, 0.717) is 43.7 Å². The molecule has 34 heavy (non-hydrogen) atoms. The molecular formula is C25H29N5O4. The van der Waals surface area contributed by atoms with Crippen LogP contribution in [0.3, 0.4) is 0 Å². The summed E-state index contributed by atoms with van der Waals surface area (Å²) in [7, 11) is 0. The average molecular weight is 464 g/mol. The summed E-state index contributed by atoms with van der Waals surface area (Å²) in [5.74, 6) is -0.138. The van der Waals surface area contributed by atoms with Crippen LogP contribution in [0.1, 0.15) is 24.0 Å². The molecule has 0 aliphatic heterocycles. The number of primary amides is 1. The highest BCUT2D eigenvalue weighted by molar-refractivity contribution is 5.95. The largest absolute Gasteiger partial charge is 0.493 e. The Morgan fingerprint density at radius 2 is 1.79 bits per heavy atom. The quantitative estimate of drug-likeness (QED) is 0.319. The Balaban J connectivity index is 1.48. The van der Waals surface area contributed by atoms with E-state index in [1.165, 1.54) is 0 Å². The molecule has 1 atom stereocenters. The minimum atomic E-state index is -0.893. The number of nitrogens with zero attached hydrogens (tertiary/aromatic N) is 1. The second-order valence-corrected chi connectivity index (χ2v) is 7.91. The van der Waals surface area contributed by atoms with Crippen LogP contribution in [-0.2, 0) is 22.4 Å². The first-order chi connectivity index (χ1) is 16.4. The number of ether oxygens (including phenoxy) is 1. The van der Waals surface area contributed by atoms with Crippen LogP contribution >= 0.6 is 0 Å². The van der Waals surface area contributed by atoms with Crippen molar-refractivity contribution in [1.29, 1.82) is 0 Å². The monoisotopic (exact) mass is 463 g/mol. The second kappa shape index (κ2) is 12.3. The fourth-order valence-electron chi connectivity index (χ4n) is 3.51. The summed E-state index contributed by atoms with van der Waals surface area (Å²) in [5, 5.41) is 6.86. The molecule has 9 heteroatoms. The zero-order valence-electron chi connectivity index (χ0n) is 18.8. The topological polar surface area (TPSA) is 149 Å². The molecule has 3 rings (SSSR count). The standard InChI is InChI=1S/C25H29N5O4/c26-21(12-17-6-5-9-28-16-17)24(32)29-10-3-4-11-34-22-14-19-8-2-1-7-18(19)13-20(22)15-23(31)30-25(27)33/h1-2,5-9,13-14,16,21H,3-4,10-12,15,26H2,(H,29,32)(H3,27,30,31,33)/t21-/m0/s1. The molecule has 4 amide bonds. The zero-order chi connectivity index (χ0) is 24.3. The first-order valence-electron chi connectivity index (χ1n) is 11.1. The van der Waals surface area contributed by atoms with Gasteiger partial charge in [-0.15, -0.1) is 0 Å². The smallest absolute Gasteiger partial charge is 0.318 e. The third-order valence-corrected chi connectivity index (χ3v) is 5.19. The van der Waals surface area contributed by atoms with Crippen LogP contribution in [0.5, 0.6) is 5.75 Å². The van der Waals surface area contributed by atoms with Gasteiger partial charge >= 0.3 is 6.03 Å². The first kappa shape index (κ1) is 24.7. The lowest BCUT2D eigenvalue weighted by molar-refractivity contribution is -0.122. The van der Waals surface area contributed by atoms with Gasteiger partial charge in [0.15, 0.2) is 0 Å². The normalized spacial score (nSPS) is 11.6. The van der Waals surface area contributed by atoms with Crippen molar-refractivity contribution in [1.82, 2.24) is 15.6 Å². The van der Waals surface area contributed by atoms with Crippen molar-refractivity contribution in [3.8, 4) is 5.75 Å². The summed E-state index contributed by atoms with van der Waals surface area (Å²) >= 11 is 0. The van der Waals surface area contributed by atoms with Crippen molar-refractivity contribution in [3.63, 3.8) is 0 Å². The van der Waals surface area contributed by atoms with Crippen molar-refractivity contribution in [2.45, 2.75) is 31.7 Å². The van der Waals surface area contributed by atoms with Gasteiger partial charge in [0.2, 0.25) is 11.8 Å². The van der Waals surface area contributed by atoms with Crippen molar-refractivity contribution in [2.75, 3.05) is 13.2 Å². The molecule has 0 aliphatic carbocycles. The number of amides is 4.